The van der Waals surface area contributed by atoms with Crippen LogP contribution >= 0.6 is 15.9 Å². The number of ether oxygens (including phenoxy) is 1. The molecule has 0 bridgehead atoms. The number of halogens is 4. The van der Waals surface area contributed by atoms with Gasteiger partial charge in [-0.2, -0.15) is 13.2 Å². The van der Waals surface area contributed by atoms with Gasteiger partial charge in [-0.3, -0.25) is 4.79 Å². The number of benzene rings is 1. The molecule has 0 saturated carbocycles. The number of phenols is 1. The van der Waals surface area contributed by atoms with Crippen molar-refractivity contribution in [2.45, 2.75) is 25.4 Å². The van der Waals surface area contributed by atoms with Crippen LogP contribution in [0.25, 0.3) is 6.08 Å². The van der Waals surface area contributed by atoms with Crippen LogP contribution in [0, 0.1) is 0 Å². The van der Waals surface area contributed by atoms with Crippen molar-refractivity contribution in [2.75, 3.05) is 7.11 Å². The number of Topliss-reactive ketones (excluding diaryl/α,β-unsaturated/α-hetero) is 1. The predicted octanol–water partition coefficient (Wildman–Crippen LogP) is 4.67. The Kier molecular flexibility index (Phi) is 5.27. The normalized spacial score (nSPS) is 17.3. The lowest BCUT2D eigenvalue weighted by Gasteiger charge is -2.19. The molecule has 1 aliphatic rings. The standard InChI is InChI=1S/C16H14BrF3O4/c1-24-12-7-8(6-11(17)14(12)22)5-9-3-2-4-10(13(9)21)15(23)16(18,19)20/h5-7,21-22H,2-4H2,1H3/b9-5+. The van der Waals surface area contributed by atoms with Crippen LogP contribution < -0.4 is 4.74 Å². The first-order chi connectivity index (χ1) is 11.1. The topological polar surface area (TPSA) is 66.8 Å². The van der Waals surface area contributed by atoms with Crippen molar-refractivity contribution in [3.05, 3.63) is 39.1 Å². The predicted molar refractivity (Wildman–Crippen MR) is 84.9 cm³/mol. The van der Waals surface area contributed by atoms with Gasteiger partial charge in [0, 0.05) is 5.57 Å². The van der Waals surface area contributed by atoms with Gasteiger partial charge in [0.05, 0.1) is 11.6 Å². The largest absolute Gasteiger partial charge is 0.507 e. The zero-order chi connectivity index (χ0) is 18.1. The van der Waals surface area contributed by atoms with E-state index in [2.05, 4.69) is 15.9 Å². The average Bonchev–Trinajstić information content (AvgIpc) is 2.51. The van der Waals surface area contributed by atoms with Crippen LogP contribution in [-0.4, -0.2) is 29.3 Å². The van der Waals surface area contributed by atoms with E-state index in [0.717, 1.165) is 0 Å². The Balaban J connectivity index is 2.47. The Morgan fingerprint density at radius 1 is 1.29 bits per heavy atom. The molecule has 1 aromatic rings. The quantitative estimate of drug-likeness (QED) is 0.764. The zero-order valence-electron chi connectivity index (χ0n) is 12.6. The number of carbonyl (C=O) groups is 1. The fraction of sp³-hybridized carbons (Fsp3) is 0.312. The third-order valence-electron chi connectivity index (χ3n) is 3.61. The lowest BCUT2D eigenvalue weighted by atomic mass is 9.89. The van der Waals surface area contributed by atoms with E-state index in [9.17, 15) is 28.2 Å². The van der Waals surface area contributed by atoms with E-state index in [1.165, 1.54) is 25.3 Å². The number of alkyl halides is 3. The van der Waals surface area contributed by atoms with Crippen LogP contribution in [-0.2, 0) is 4.79 Å². The summed E-state index contributed by atoms with van der Waals surface area (Å²) in [5.41, 5.74) is 0.108. The van der Waals surface area contributed by atoms with E-state index in [4.69, 9.17) is 4.74 Å². The third-order valence-corrected chi connectivity index (χ3v) is 4.21. The third kappa shape index (κ3) is 3.75. The van der Waals surface area contributed by atoms with Crippen LogP contribution in [0.15, 0.2) is 33.5 Å². The van der Waals surface area contributed by atoms with Crippen LogP contribution in [0.4, 0.5) is 13.2 Å². The van der Waals surface area contributed by atoms with Crippen molar-refractivity contribution < 1.29 is 32.9 Å². The molecule has 0 saturated heterocycles. The van der Waals surface area contributed by atoms with E-state index in [-0.39, 0.29) is 23.5 Å². The molecule has 2 rings (SSSR count). The molecule has 4 nitrogen and oxygen atoms in total. The van der Waals surface area contributed by atoms with Crippen molar-refractivity contribution in [3.63, 3.8) is 0 Å². The molecule has 0 unspecified atom stereocenters. The number of allylic oxidation sites excluding steroid dienone is 2. The summed E-state index contributed by atoms with van der Waals surface area (Å²) >= 11 is 3.14. The second-order valence-corrected chi connectivity index (χ2v) is 6.09. The highest BCUT2D eigenvalue weighted by Gasteiger charge is 2.42. The molecule has 130 valence electrons. The van der Waals surface area contributed by atoms with Gasteiger partial charge >= 0.3 is 6.18 Å². The molecular formula is C16H14BrF3O4. The van der Waals surface area contributed by atoms with Crippen LogP contribution in [0.3, 0.4) is 0 Å². The number of aromatic hydroxyl groups is 1. The summed E-state index contributed by atoms with van der Waals surface area (Å²) in [7, 11) is 1.36. The molecule has 0 spiro atoms. The molecule has 0 aromatic heterocycles. The number of aliphatic hydroxyl groups is 1. The maximum absolute atomic E-state index is 12.6. The number of rotatable bonds is 3. The molecular weight excluding hydrogens is 393 g/mol. The van der Waals surface area contributed by atoms with Gasteiger partial charge in [0.25, 0.3) is 5.78 Å². The fourth-order valence-corrected chi connectivity index (χ4v) is 2.91. The second kappa shape index (κ2) is 6.88. The Morgan fingerprint density at radius 2 is 1.96 bits per heavy atom. The number of hydrogen-bond donors (Lipinski definition) is 2. The first kappa shape index (κ1) is 18.4. The first-order valence-electron chi connectivity index (χ1n) is 6.96. The van der Waals surface area contributed by atoms with Crippen LogP contribution in [0.5, 0.6) is 11.5 Å². The Bertz CT molecular complexity index is 736. The highest BCUT2D eigenvalue weighted by atomic mass is 79.9. The molecule has 0 radical (unpaired) electrons. The summed E-state index contributed by atoms with van der Waals surface area (Å²) in [4.78, 5) is 11.4. The van der Waals surface area contributed by atoms with Crippen molar-refractivity contribution in [1.82, 2.24) is 0 Å². The molecule has 8 heteroatoms. The summed E-state index contributed by atoms with van der Waals surface area (Å²) in [6.07, 6.45) is -3.02. The van der Waals surface area contributed by atoms with Crippen molar-refractivity contribution in [2.24, 2.45) is 0 Å². The lowest BCUT2D eigenvalue weighted by molar-refractivity contribution is -0.167. The van der Waals surface area contributed by atoms with Crippen LogP contribution in [0.2, 0.25) is 0 Å². The van der Waals surface area contributed by atoms with Gasteiger partial charge in [-0.15, -0.1) is 0 Å². The van der Waals surface area contributed by atoms with E-state index < -0.39 is 23.3 Å². The Hall–Kier alpha value is -1.96. The summed E-state index contributed by atoms with van der Waals surface area (Å²) in [5, 5.41) is 19.8. The number of carbonyl (C=O) groups excluding carboxylic acids is 1. The van der Waals surface area contributed by atoms with Crippen molar-refractivity contribution in [3.8, 4) is 11.5 Å². The summed E-state index contributed by atoms with van der Waals surface area (Å²) in [6.45, 7) is 0. The lowest BCUT2D eigenvalue weighted by Crippen LogP contribution is -2.27. The first-order valence-corrected chi connectivity index (χ1v) is 7.75. The number of ketones is 1. The monoisotopic (exact) mass is 406 g/mol. The SMILES string of the molecule is COc1cc(/C=C2\CCCC(C(=O)C(F)(F)F)=C2O)cc(Br)c1O. The van der Waals surface area contributed by atoms with Gasteiger partial charge in [-0.25, -0.2) is 0 Å². The van der Waals surface area contributed by atoms with Gasteiger partial charge in [-0.05, 0) is 64.5 Å². The van der Waals surface area contributed by atoms with Gasteiger partial charge in [-0.1, -0.05) is 0 Å². The highest BCUT2D eigenvalue weighted by molar-refractivity contribution is 9.10. The number of hydrogen-bond acceptors (Lipinski definition) is 4. The molecule has 0 amide bonds. The molecule has 0 aliphatic heterocycles. The molecule has 0 atom stereocenters. The van der Waals surface area contributed by atoms with Crippen molar-refractivity contribution in [1.29, 1.82) is 0 Å². The van der Waals surface area contributed by atoms with E-state index in [1.807, 2.05) is 0 Å². The summed E-state index contributed by atoms with van der Waals surface area (Å²) in [6, 6.07) is 3.00. The molecule has 2 N–H and O–H groups in total. The Labute approximate surface area is 144 Å². The van der Waals surface area contributed by atoms with E-state index in [0.29, 0.717) is 22.9 Å². The minimum atomic E-state index is -5.02. The van der Waals surface area contributed by atoms with Gasteiger partial charge < -0.3 is 14.9 Å². The molecule has 1 aromatic carbocycles. The van der Waals surface area contributed by atoms with E-state index in [1.54, 1.807) is 0 Å². The smallest absolute Gasteiger partial charge is 0.454 e. The zero-order valence-corrected chi connectivity index (χ0v) is 14.2. The summed E-state index contributed by atoms with van der Waals surface area (Å²) < 4.78 is 43.1. The number of aliphatic hydroxyl groups excluding tert-OH is 1. The minimum Gasteiger partial charge on any atom is -0.507 e. The van der Waals surface area contributed by atoms with Gasteiger partial charge in [0.15, 0.2) is 11.5 Å². The number of phenolic OH excluding ortho intramolecular Hbond substituents is 1. The maximum atomic E-state index is 12.6. The average molecular weight is 407 g/mol. The highest BCUT2D eigenvalue weighted by Crippen LogP contribution is 2.38. The van der Waals surface area contributed by atoms with Crippen molar-refractivity contribution >= 4 is 27.8 Å². The Morgan fingerprint density at radius 3 is 2.54 bits per heavy atom. The minimum absolute atomic E-state index is 0.115. The van der Waals surface area contributed by atoms with Crippen LogP contribution in [0.1, 0.15) is 24.8 Å². The fourth-order valence-electron chi connectivity index (χ4n) is 2.45. The molecule has 0 fully saturated rings. The van der Waals surface area contributed by atoms with Gasteiger partial charge in [0.1, 0.15) is 5.76 Å². The number of methoxy groups -OCH3 is 1. The maximum Gasteiger partial charge on any atom is 0.454 e. The summed E-state index contributed by atoms with van der Waals surface area (Å²) in [5.74, 6) is -2.60. The molecule has 1 aliphatic carbocycles. The molecule has 0 heterocycles. The van der Waals surface area contributed by atoms with E-state index >= 15 is 0 Å². The van der Waals surface area contributed by atoms with Gasteiger partial charge in [0.2, 0.25) is 0 Å². The second-order valence-electron chi connectivity index (χ2n) is 5.23. The molecule has 24 heavy (non-hydrogen) atoms.